The molecular weight excluding hydrogens is 386 g/mol. The van der Waals surface area contributed by atoms with Gasteiger partial charge in [-0.1, -0.05) is 12.1 Å². The van der Waals surface area contributed by atoms with E-state index < -0.39 is 23.8 Å². The van der Waals surface area contributed by atoms with E-state index in [4.69, 9.17) is 4.74 Å². The van der Waals surface area contributed by atoms with Crippen molar-refractivity contribution in [3.8, 4) is 5.69 Å². The summed E-state index contributed by atoms with van der Waals surface area (Å²) in [5.41, 5.74) is 3.39. The quantitative estimate of drug-likeness (QED) is 0.478. The van der Waals surface area contributed by atoms with E-state index >= 15 is 0 Å². The number of nitrogens with zero attached hydrogens (tertiary/aromatic N) is 5. The van der Waals surface area contributed by atoms with E-state index in [2.05, 4.69) is 4.98 Å². The van der Waals surface area contributed by atoms with E-state index in [1.807, 2.05) is 49.7 Å². The summed E-state index contributed by atoms with van der Waals surface area (Å²) < 4.78 is 10.7. The molecule has 0 aliphatic rings. The third kappa shape index (κ3) is 2.77. The first-order valence-corrected chi connectivity index (χ1v) is 9.68. The highest BCUT2D eigenvalue weighted by Crippen LogP contribution is 2.24. The van der Waals surface area contributed by atoms with Gasteiger partial charge in [0.15, 0.2) is 11.2 Å². The van der Waals surface area contributed by atoms with Gasteiger partial charge in [0.2, 0.25) is 5.78 Å². The van der Waals surface area contributed by atoms with Gasteiger partial charge < -0.3 is 4.74 Å². The first kappa shape index (κ1) is 19.7. The van der Waals surface area contributed by atoms with E-state index in [9.17, 15) is 14.4 Å². The number of carbonyl (C=O) groups is 1. The fourth-order valence-corrected chi connectivity index (χ4v) is 3.76. The molecule has 9 heteroatoms. The second-order valence-electron chi connectivity index (χ2n) is 7.32. The van der Waals surface area contributed by atoms with Gasteiger partial charge in [-0.05, 0) is 44.9 Å². The molecule has 4 aromatic rings. The second-order valence-corrected chi connectivity index (χ2v) is 7.32. The number of esters is 1. The number of aryl methyl sites for hydroxylation is 3. The van der Waals surface area contributed by atoms with Gasteiger partial charge in [-0.3, -0.25) is 23.1 Å². The van der Waals surface area contributed by atoms with Crippen molar-refractivity contribution in [2.45, 2.75) is 34.2 Å². The van der Waals surface area contributed by atoms with Crippen LogP contribution in [-0.4, -0.2) is 35.7 Å². The molecule has 3 aromatic heterocycles. The molecule has 0 aliphatic heterocycles. The Morgan fingerprint density at radius 1 is 1.17 bits per heavy atom. The standard InChI is InChI=1S/C21H23N5O4/c1-6-30-16(27)11-25-19(28)17-18(23(5)21(25)29)22-20-24(17)10-13(3)26(20)15-9-7-8-12(2)14(15)4/h7-10H,6,11H2,1-5H3. The first-order chi connectivity index (χ1) is 14.3. The number of aromatic nitrogens is 5. The van der Waals surface area contributed by atoms with Crippen LogP contribution in [0.2, 0.25) is 0 Å². The van der Waals surface area contributed by atoms with Crippen LogP contribution in [0.25, 0.3) is 22.6 Å². The number of hydrogen-bond acceptors (Lipinski definition) is 5. The molecular formula is C21H23N5O4. The molecule has 0 amide bonds. The molecule has 0 aliphatic carbocycles. The molecule has 0 atom stereocenters. The lowest BCUT2D eigenvalue weighted by molar-refractivity contribution is -0.143. The van der Waals surface area contributed by atoms with Gasteiger partial charge in [0, 0.05) is 18.9 Å². The molecule has 0 saturated heterocycles. The number of fused-ring (bicyclic) bond motifs is 3. The van der Waals surface area contributed by atoms with Gasteiger partial charge >= 0.3 is 11.7 Å². The summed E-state index contributed by atoms with van der Waals surface area (Å²) in [5.74, 6) is -0.113. The van der Waals surface area contributed by atoms with Crippen LogP contribution in [0.15, 0.2) is 34.0 Å². The minimum absolute atomic E-state index is 0.172. The highest BCUT2D eigenvalue weighted by atomic mass is 16.5. The molecule has 1 aromatic carbocycles. The fraction of sp³-hybridized carbons (Fsp3) is 0.333. The van der Waals surface area contributed by atoms with E-state index in [0.717, 1.165) is 27.1 Å². The van der Waals surface area contributed by atoms with Gasteiger partial charge in [0.1, 0.15) is 6.54 Å². The molecule has 0 unspecified atom stereocenters. The number of hydrogen-bond donors (Lipinski definition) is 0. The van der Waals surface area contributed by atoms with Crippen molar-refractivity contribution in [2.75, 3.05) is 6.61 Å². The van der Waals surface area contributed by atoms with Gasteiger partial charge in [-0.2, -0.15) is 4.98 Å². The zero-order valence-electron chi connectivity index (χ0n) is 17.6. The van der Waals surface area contributed by atoms with Crippen molar-refractivity contribution in [1.29, 1.82) is 0 Å². The molecule has 3 heterocycles. The number of imidazole rings is 2. The monoisotopic (exact) mass is 409 g/mol. The second kappa shape index (κ2) is 7.01. The normalized spacial score (nSPS) is 11.5. The zero-order valence-corrected chi connectivity index (χ0v) is 17.6. The van der Waals surface area contributed by atoms with E-state index in [-0.39, 0.29) is 17.8 Å². The third-order valence-corrected chi connectivity index (χ3v) is 5.44. The predicted molar refractivity (Wildman–Crippen MR) is 112 cm³/mol. The van der Waals surface area contributed by atoms with Crippen LogP contribution in [0.4, 0.5) is 0 Å². The SMILES string of the molecule is CCOC(=O)Cn1c(=O)c2c(nc3n(-c4cccc(C)c4C)c(C)cn23)n(C)c1=O. The van der Waals surface area contributed by atoms with Crippen LogP contribution in [0, 0.1) is 20.8 Å². The lowest BCUT2D eigenvalue weighted by Crippen LogP contribution is -2.41. The van der Waals surface area contributed by atoms with Crippen LogP contribution in [0.3, 0.4) is 0 Å². The van der Waals surface area contributed by atoms with Crippen LogP contribution < -0.4 is 11.2 Å². The van der Waals surface area contributed by atoms with Crippen molar-refractivity contribution in [1.82, 2.24) is 23.1 Å². The van der Waals surface area contributed by atoms with E-state index in [0.29, 0.717) is 5.78 Å². The van der Waals surface area contributed by atoms with Crippen LogP contribution in [0.1, 0.15) is 23.7 Å². The molecule has 156 valence electrons. The Bertz CT molecular complexity index is 1430. The van der Waals surface area contributed by atoms with Gasteiger partial charge in [0.05, 0.1) is 12.3 Å². The van der Waals surface area contributed by atoms with E-state index in [1.54, 1.807) is 11.3 Å². The van der Waals surface area contributed by atoms with Gasteiger partial charge in [0.25, 0.3) is 5.56 Å². The molecule has 0 saturated carbocycles. The largest absolute Gasteiger partial charge is 0.465 e. The molecule has 0 spiro atoms. The van der Waals surface area contributed by atoms with Gasteiger partial charge in [-0.25, -0.2) is 9.36 Å². The van der Waals surface area contributed by atoms with Crippen molar-refractivity contribution in [3.05, 3.63) is 62.1 Å². The Morgan fingerprint density at radius 2 is 1.90 bits per heavy atom. The average molecular weight is 409 g/mol. The molecule has 0 bridgehead atoms. The Labute approximate surface area is 171 Å². The van der Waals surface area contributed by atoms with Crippen LogP contribution >= 0.6 is 0 Å². The lowest BCUT2D eigenvalue weighted by atomic mass is 10.1. The maximum absolute atomic E-state index is 13.2. The first-order valence-electron chi connectivity index (χ1n) is 9.68. The molecule has 0 radical (unpaired) electrons. The highest BCUT2D eigenvalue weighted by molar-refractivity contribution is 5.77. The number of benzene rings is 1. The number of carbonyl (C=O) groups excluding carboxylic acids is 1. The summed E-state index contributed by atoms with van der Waals surface area (Å²) in [6, 6.07) is 6.00. The minimum atomic E-state index is -0.638. The summed E-state index contributed by atoms with van der Waals surface area (Å²) >= 11 is 0. The Kier molecular flexibility index (Phi) is 4.60. The van der Waals surface area contributed by atoms with Crippen LogP contribution in [-0.2, 0) is 23.1 Å². The molecule has 0 fully saturated rings. The van der Waals surface area contributed by atoms with Crippen LogP contribution in [0.5, 0.6) is 0 Å². The third-order valence-electron chi connectivity index (χ3n) is 5.44. The molecule has 30 heavy (non-hydrogen) atoms. The van der Waals surface area contributed by atoms with Crippen molar-refractivity contribution in [2.24, 2.45) is 7.05 Å². The van der Waals surface area contributed by atoms with Crippen molar-refractivity contribution in [3.63, 3.8) is 0 Å². The zero-order chi connectivity index (χ0) is 21.7. The fourth-order valence-electron chi connectivity index (χ4n) is 3.76. The number of rotatable bonds is 4. The maximum Gasteiger partial charge on any atom is 0.333 e. The van der Waals surface area contributed by atoms with E-state index in [1.165, 1.54) is 11.6 Å². The Morgan fingerprint density at radius 3 is 2.60 bits per heavy atom. The molecule has 4 rings (SSSR count). The average Bonchev–Trinajstić information content (AvgIpc) is 3.21. The van der Waals surface area contributed by atoms with Crippen molar-refractivity contribution >= 4 is 22.9 Å². The minimum Gasteiger partial charge on any atom is -0.465 e. The summed E-state index contributed by atoms with van der Waals surface area (Å²) in [6.45, 7) is 7.40. The summed E-state index contributed by atoms with van der Waals surface area (Å²) in [4.78, 5) is 42.4. The predicted octanol–water partition coefficient (Wildman–Crippen LogP) is 1.63. The Hall–Kier alpha value is -3.62. The highest BCUT2D eigenvalue weighted by Gasteiger charge is 2.22. The topological polar surface area (TPSA) is 92.5 Å². The molecule has 9 nitrogen and oxygen atoms in total. The summed E-state index contributed by atoms with van der Waals surface area (Å²) in [7, 11) is 1.54. The smallest absolute Gasteiger partial charge is 0.333 e. The number of ether oxygens (including phenoxy) is 1. The molecule has 0 N–H and O–H groups in total. The van der Waals surface area contributed by atoms with Crippen molar-refractivity contribution < 1.29 is 9.53 Å². The Balaban J connectivity index is 2.06. The van der Waals surface area contributed by atoms with Gasteiger partial charge in [-0.15, -0.1) is 0 Å². The summed E-state index contributed by atoms with van der Waals surface area (Å²) in [5, 5.41) is 0. The maximum atomic E-state index is 13.2. The summed E-state index contributed by atoms with van der Waals surface area (Å²) in [6.07, 6.45) is 1.81. The lowest BCUT2D eigenvalue weighted by Gasteiger charge is -2.11.